The molecule has 1 unspecified atom stereocenters. The number of hydrogen-bond acceptors (Lipinski definition) is 4. The first-order valence-corrected chi connectivity index (χ1v) is 8.98. The lowest BCUT2D eigenvalue weighted by Gasteiger charge is -2.32. The molecule has 2 heterocycles. The highest BCUT2D eigenvalue weighted by Crippen LogP contribution is 2.25. The van der Waals surface area contributed by atoms with Crippen molar-refractivity contribution < 1.29 is 19.4 Å². The number of rotatable bonds is 5. The summed E-state index contributed by atoms with van der Waals surface area (Å²) in [7, 11) is 1.81. The molecule has 2 aliphatic heterocycles. The molecule has 0 bridgehead atoms. The molecule has 0 aliphatic carbocycles. The first kappa shape index (κ1) is 17.7. The molecular weight excluding hydrogens is 320 g/mol. The molecule has 25 heavy (non-hydrogen) atoms. The van der Waals surface area contributed by atoms with Crippen molar-refractivity contribution in [1.29, 1.82) is 0 Å². The number of likely N-dealkylation sites (N-methyl/N-ethyl adjacent to an activating group) is 1. The van der Waals surface area contributed by atoms with Crippen LogP contribution in [0, 0.1) is 5.92 Å². The number of carboxylic acids is 1. The molecule has 0 saturated carbocycles. The maximum Gasteiger partial charge on any atom is 0.306 e. The number of hydrogen-bond donors (Lipinski definition) is 1. The molecule has 0 radical (unpaired) electrons. The van der Waals surface area contributed by atoms with E-state index in [0.717, 1.165) is 37.2 Å². The summed E-state index contributed by atoms with van der Waals surface area (Å²) in [5, 5.41) is 9.11. The quantitative estimate of drug-likeness (QED) is 0.884. The SMILES string of the molecule is CN(Cc1cccc(N2CCC(C(=O)O)CC2)c1)C(=O)C1CCCO1. The van der Waals surface area contributed by atoms with Crippen LogP contribution in [0.4, 0.5) is 5.69 Å². The molecule has 0 spiro atoms. The number of benzene rings is 1. The Balaban J connectivity index is 1.59. The van der Waals surface area contributed by atoms with Crippen LogP contribution in [0.5, 0.6) is 0 Å². The fraction of sp³-hybridized carbons (Fsp3) is 0.579. The normalized spacial score (nSPS) is 21.3. The minimum atomic E-state index is -0.692. The standard InChI is InChI=1S/C19H26N2O4/c1-20(18(22)17-6-3-11-25-17)13-14-4-2-5-16(12-14)21-9-7-15(8-10-21)19(23)24/h2,4-5,12,15,17H,3,6-11,13H2,1H3,(H,23,24). The Labute approximate surface area is 148 Å². The van der Waals surface area contributed by atoms with E-state index in [4.69, 9.17) is 9.84 Å². The third-order valence-electron chi connectivity index (χ3n) is 5.12. The van der Waals surface area contributed by atoms with Crippen molar-refractivity contribution in [2.24, 2.45) is 5.92 Å². The Morgan fingerprint density at radius 2 is 2.04 bits per heavy atom. The Morgan fingerprint density at radius 1 is 1.28 bits per heavy atom. The van der Waals surface area contributed by atoms with Crippen molar-refractivity contribution >= 4 is 17.6 Å². The van der Waals surface area contributed by atoms with Crippen molar-refractivity contribution in [1.82, 2.24) is 4.90 Å². The fourth-order valence-corrected chi connectivity index (χ4v) is 3.61. The van der Waals surface area contributed by atoms with Crippen molar-refractivity contribution in [3.05, 3.63) is 29.8 Å². The summed E-state index contributed by atoms with van der Waals surface area (Å²) < 4.78 is 5.47. The van der Waals surface area contributed by atoms with Crippen molar-refractivity contribution in [3.8, 4) is 0 Å². The van der Waals surface area contributed by atoms with Crippen molar-refractivity contribution in [3.63, 3.8) is 0 Å². The number of carbonyl (C=O) groups is 2. The number of amides is 1. The van der Waals surface area contributed by atoms with Gasteiger partial charge in [0.1, 0.15) is 6.10 Å². The van der Waals surface area contributed by atoms with Crippen LogP contribution in [0.1, 0.15) is 31.2 Å². The van der Waals surface area contributed by atoms with Crippen molar-refractivity contribution in [2.75, 3.05) is 31.6 Å². The van der Waals surface area contributed by atoms with Crippen molar-refractivity contribution in [2.45, 2.75) is 38.3 Å². The molecule has 2 saturated heterocycles. The molecule has 2 fully saturated rings. The predicted octanol–water partition coefficient (Wildman–Crippen LogP) is 2.12. The zero-order chi connectivity index (χ0) is 17.8. The fourth-order valence-electron chi connectivity index (χ4n) is 3.61. The molecule has 136 valence electrons. The molecule has 6 nitrogen and oxygen atoms in total. The lowest BCUT2D eigenvalue weighted by Crippen LogP contribution is -2.36. The average molecular weight is 346 g/mol. The summed E-state index contributed by atoms with van der Waals surface area (Å²) >= 11 is 0. The summed E-state index contributed by atoms with van der Waals surface area (Å²) in [4.78, 5) is 27.4. The molecule has 3 rings (SSSR count). The van der Waals surface area contributed by atoms with Gasteiger partial charge < -0.3 is 19.6 Å². The summed E-state index contributed by atoms with van der Waals surface area (Å²) in [6.45, 7) is 2.74. The topological polar surface area (TPSA) is 70.1 Å². The summed E-state index contributed by atoms with van der Waals surface area (Å²) in [5.74, 6) is -0.873. The molecule has 1 atom stereocenters. The predicted molar refractivity (Wildman–Crippen MR) is 94.5 cm³/mol. The van der Waals surface area contributed by atoms with E-state index in [-0.39, 0.29) is 17.9 Å². The van der Waals surface area contributed by atoms with E-state index in [1.165, 1.54) is 0 Å². The van der Waals surface area contributed by atoms with Gasteiger partial charge in [0.15, 0.2) is 0 Å². The van der Waals surface area contributed by atoms with E-state index < -0.39 is 5.97 Å². The molecular formula is C19H26N2O4. The molecule has 1 aromatic rings. The second kappa shape index (κ2) is 7.87. The van der Waals surface area contributed by atoms with E-state index in [2.05, 4.69) is 11.0 Å². The van der Waals surface area contributed by atoms with Gasteiger partial charge in [-0.2, -0.15) is 0 Å². The van der Waals surface area contributed by atoms with Gasteiger partial charge in [0.2, 0.25) is 0 Å². The number of carbonyl (C=O) groups excluding carboxylic acids is 1. The van der Waals surface area contributed by atoms with E-state index >= 15 is 0 Å². The van der Waals surface area contributed by atoms with E-state index in [1.807, 2.05) is 25.2 Å². The number of ether oxygens (including phenoxy) is 1. The Bertz CT molecular complexity index is 620. The maximum atomic E-state index is 12.4. The third kappa shape index (κ3) is 4.31. The van der Waals surface area contributed by atoms with Gasteiger partial charge in [-0.25, -0.2) is 0 Å². The van der Waals surface area contributed by atoms with E-state index in [0.29, 0.717) is 26.0 Å². The van der Waals surface area contributed by atoms with E-state index in [9.17, 15) is 9.59 Å². The minimum Gasteiger partial charge on any atom is -0.481 e. The molecule has 0 aromatic heterocycles. The lowest BCUT2D eigenvalue weighted by atomic mass is 9.96. The minimum absolute atomic E-state index is 0.0465. The third-order valence-corrected chi connectivity index (χ3v) is 5.12. The number of piperidine rings is 1. The molecule has 1 amide bonds. The summed E-state index contributed by atoms with van der Waals surface area (Å²) in [6, 6.07) is 8.16. The van der Waals surface area contributed by atoms with Gasteiger partial charge in [0.05, 0.1) is 5.92 Å². The summed E-state index contributed by atoms with van der Waals surface area (Å²) in [6.07, 6.45) is 2.82. The average Bonchev–Trinajstić information content (AvgIpc) is 3.16. The van der Waals surface area contributed by atoms with Crippen LogP contribution in [-0.4, -0.2) is 54.7 Å². The van der Waals surface area contributed by atoms with Gasteiger partial charge in [-0.15, -0.1) is 0 Å². The highest BCUT2D eigenvalue weighted by molar-refractivity contribution is 5.81. The van der Waals surface area contributed by atoms with Crippen LogP contribution in [-0.2, 0) is 20.9 Å². The van der Waals surface area contributed by atoms with Gasteiger partial charge in [-0.05, 0) is 43.4 Å². The Hall–Kier alpha value is -2.08. The van der Waals surface area contributed by atoms with Crippen LogP contribution in [0.15, 0.2) is 24.3 Å². The van der Waals surface area contributed by atoms with E-state index in [1.54, 1.807) is 4.90 Å². The van der Waals surface area contributed by atoms with Crippen LogP contribution in [0.2, 0.25) is 0 Å². The second-order valence-electron chi connectivity index (χ2n) is 6.97. The zero-order valence-electron chi connectivity index (χ0n) is 14.7. The molecule has 2 aliphatic rings. The monoisotopic (exact) mass is 346 g/mol. The second-order valence-corrected chi connectivity index (χ2v) is 6.97. The highest BCUT2D eigenvalue weighted by atomic mass is 16.5. The summed E-state index contributed by atoms with van der Waals surface area (Å²) in [5.41, 5.74) is 2.17. The van der Waals surface area contributed by atoms with Gasteiger partial charge in [0, 0.05) is 39.0 Å². The molecule has 1 N–H and O–H groups in total. The van der Waals surface area contributed by atoms with Gasteiger partial charge in [-0.1, -0.05) is 12.1 Å². The number of anilines is 1. The van der Waals surface area contributed by atoms with Gasteiger partial charge >= 0.3 is 5.97 Å². The maximum absolute atomic E-state index is 12.4. The first-order chi connectivity index (χ1) is 12.0. The van der Waals surface area contributed by atoms with Crippen LogP contribution < -0.4 is 4.90 Å². The smallest absolute Gasteiger partial charge is 0.306 e. The van der Waals surface area contributed by atoms with Crippen LogP contribution in [0.25, 0.3) is 0 Å². The Kier molecular flexibility index (Phi) is 5.58. The number of aliphatic carboxylic acids is 1. The first-order valence-electron chi connectivity index (χ1n) is 8.98. The number of carboxylic acid groups (broad SMARTS) is 1. The molecule has 1 aromatic carbocycles. The zero-order valence-corrected chi connectivity index (χ0v) is 14.7. The molecule has 6 heteroatoms. The largest absolute Gasteiger partial charge is 0.481 e. The number of nitrogens with zero attached hydrogens (tertiary/aromatic N) is 2. The highest BCUT2D eigenvalue weighted by Gasteiger charge is 2.27. The lowest BCUT2D eigenvalue weighted by molar-refractivity contribution is -0.142. The Morgan fingerprint density at radius 3 is 2.68 bits per heavy atom. The van der Waals surface area contributed by atoms with Gasteiger partial charge in [-0.3, -0.25) is 9.59 Å². The van der Waals surface area contributed by atoms with Crippen LogP contribution >= 0.6 is 0 Å². The van der Waals surface area contributed by atoms with Gasteiger partial charge in [0.25, 0.3) is 5.91 Å². The van der Waals surface area contributed by atoms with Crippen LogP contribution in [0.3, 0.4) is 0 Å².